The van der Waals surface area contributed by atoms with E-state index in [0.29, 0.717) is 5.16 Å². The predicted molar refractivity (Wildman–Crippen MR) is 88.9 cm³/mol. The number of aromatic nitrogens is 4. The molecule has 2 heterocycles. The molecule has 2 N–H and O–H groups in total. The van der Waals surface area contributed by atoms with Crippen molar-refractivity contribution in [1.82, 2.24) is 31.1 Å². The Morgan fingerprint density at radius 2 is 2.00 bits per heavy atom. The maximum Gasteiger partial charge on any atom is 0.305 e. The third kappa shape index (κ3) is 4.23. The summed E-state index contributed by atoms with van der Waals surface area (Å²) in [6.07, 6.45) is 1.37. The molecule has 0 aliphatic heterocycles. The van der Waals surface area contributed by atoms with Crippen LogP contribution in [0.3, 0.4) is 0 Å². The lowest BCUT2D eigenvalue weighted by Crippen LogP contribution is -2.42. The monoisotopic (exact) mass is 358 g/mol. The minimum absolute atomic E-state index is 0.0324. The summed E-state index contributed by atoms with van der Waals surface area (Å²) in [7, 11) is 0. The highest BCUT2D eigenvalue weighted by molar-refractivity contribution is 7.99. The first-order valence-electron chi connectivity index (χ1n) is 7.24. The van der Waals surface area contributed by atoms with Crippen molar-refractivity contribution < 1.29 is 14.0 Å². The van der Waals surface area contributed by atoms with Crippen LogP contribution < -0.4 is 10.9 Å². The number of aryl methyl sites for hydroxylation is 1. The Hall–Kier alpha value is -3.14. The number of nitrogens with zero attached hydrogens (tertiary/aromatic N) is 4. The van der Waals surface area contributed by atoms with Crippen molar-refractivity contribution in [2.45, 2.75) is 12.1 Å². The summed E-state index contributed by atoms with van der Waals surface area (Å²) in [6, 6.07) is 10.7. The number of hydrogen-bond acceptors (Lipinski definition) is 7. The molecule has 10 heteroatoms. The van der Waals surface area contributed by atoms with Gasteiger partial charge in [-0.05, 0) is 41.6 Å². The second kappa shape index (κ2) is 7.62. The summed E-state index contributed by atoms with van der Waals surface area (Å²) in [4.78, 5) is 23.5. The molecular weight excluding hydrogens is 344 g/mol. The molecule has 128 valence electrons. The molecule has 2 amide bonds. The van der Waals surface area contributed by atoms with Crippen LogP contribution in [0.1, 0.15) is 16.1 Å². The van der Waals surface area contributed by atoms with Crippen LogP contribution in [-0.2, 0) is 4.79 Å². The van der Waals surface area contributed by atoms with Gasteiger partial charge < -0.3 is 4.42 Å². The summed E-state index contributed by atoms with van der Waals surface area (Å²) in [5.41, 5.74) is 6.48. The third-order valence-corrected chi connectivity index (χ3v) is 4.03. The van der Waals surface area contributed by atoms with E-state index in [9.17, 15) is 9.59 Å². The molecule has 25 heavy (non-hydrogen) atoms. The zero-order chi connectivity index (χ0) is 17.6. The van der Waals surface area contributed by atoms with Gasteiger partial charge in [-0.1, -0.05) is 29.5 Å². The van der Waals surface area contributed by atoms with E-state index in [1.807, 2.05) is 31.2 Å². The van der Waals surface area contributed by atoms with E-state index >= 15 is 0 Å². The van der Waals surface area contributed by atoms with E-state index < -0.39 is 11.8 Å². The summed E-state index contributed by atoms with van der Waals surface area (Å²) < 4.78 is 6.46. The van der Waals surface area contributed by atoms with Crippen LogP contribution in [0, 0.1) is 6.92 Å². The van der Waals surface area contributed by atoms with Gasteiger partial charge in [0, 0.05) is 0 Å². The van der Waals surface area contributed by atoms with Crippen LogP contribution in [0.25, 0.3) is 5.69 Å². The number of carbonyl (C=O) groups excluding carboxylic acids is 2. The van der Waals surface area contributed by atoms with E-state index in [0.717, 1.165) is 23.0 Å². The smallest absolute Gasteiger partial charge is 0.305 e. The number of hydrogen-bond donors (Lipinski definition) is 2. The number of furan rings is 1. The van der Waals surface area contributed by atoms with Crippen molar-refractivity contribution in [1.29, 1.82) is 0 Å². The molecule has 0 saturated carbocycles. The number of benzene rings is 1. The van der Waals surface area contributed by atoms with Gasteiger partial charge in [-0.3, -0.25) is 20.4 Å². The topological polar surface area (TPSA) is 115 Å². The molecule has 3 rings (SSSR count). The lowest BCUT2D eigenvalue weighted by Gasteiger charge is -2.06. The normalized spacial score (nSPS) is 10.4. The Labute approximate surface area is 146 Å². The van der Waals surface area contributed by atoms with Crippen molar-refractivity contribution >= 4 is 23.6 Å². The summed E-state index contributed by atoms with van der Waals surface area (Å²) >= 11 is 1.15. The zero-order valence-electron chi connectivity index (χ0n) is 13.2. The highest BCUT2D eigenvalue weighted by Crippen LogP contribution is 2.18. The fourth-order valence-electron chi connectivity index (χ4n) is 1.88. The van der Waals surface area contributed by atoms with Gasteiger partial charge in [-0.15, -0.1) is 5.10 Å². The highest BCUT2D eigenvalue weighted by Gasteiger charge is 2.13. The molecule has 2 aromatic heterocycles. The zero-order valence-corrected chi connectivity index (χ0v) is 14.0. The largest absolute Gasteiger partial charge is 0.459 e. The van der Waals surface area contributed by atoms with E-state index in [-0.39, 0.29) is 11.5 Å². The van der Waals surface area contributed by atoms with Gasteiger partial charge in [0.15, 0.2) is 5.76 Å². The van der Waals surface area contributed by atoms with Crippen molar-refractivity contribution in [2.75, 3.05) is 5.75 Å². The molecule has 9 nitrogen and oxygen atoms in total. The minimum atomic E-state index is -0.534. The molecule has 1 aromatic carbocycles. The first-order chi connectivity index (χ1) is 12.1. The molecule has 0 saturated heterocycles. The molecule has 3 aromatic rings. The van der Waals surface area contributed by atoms with Gasteiger partial charge in [-0.2, -0.15) is 4.68 Å². The highest BCUT2D eigenvalue weighted by atomic mass is 32.2. The van der Waals surface area contributed by atoms with E-state index in [1.54, 1.807) is 10.7 Å². The number of tetrazole rings is 1. The number of carbonyl (C=O) groups is 2. The van der Waals surface area contributed by atoms with E-state index in [4.69, 9.17) is 4.42 Å². The minimum Gasteiger partial charge on any atom is -0.459 e. The SMILES string of the molecule is Cc1ccc(-n2nnnc2SCC(=O)NNC(=O)c2ccco2)cc1. The summed E-state index contributed by atoms with van der Waals surface area (Å²) in [6.45, 7) is 1.99. The number of nitrogens with one attached hydrogen (secondary N) is 2. The second-order valence-electron chi connectivity index (χ2n) is 4.98. The summed E-state index contributed by atoms with van der Waals surface area (Å²) in [5.74, 6) is -0.794. The molecule has 0 unspecified atom stereocenters. The average Bonchev–Trinajstić information content (AvgIpc) is 3.30. The third-order valence-electron chi connectivity index (χ3n) is 3.11. The van der Waals surface area contributed by atoms with Crippen molar-refractivity contribution in [3.05, 3.63) is 54.0 Å². The first kappa shape index (κ1) is 16.7. The van der Waals surface area contributed by atoms with Crippen LogP contribution in [0.5, 0.6) is 0 Å². The lowest BCUT2D eigenvalue weighted by atomic mass is 10.2. The molecule has 0 spiro atoms. The Bertz CT molecular complexity index is 860. The van der Waals surface area contributed by atoms with Gasteiger partial charge >= 0.3 is 5.91 Å². The molecule has 0 fully saturated rings. The fourth-order valence-corrected chi connectivity index (χ4v) is 2.57. The van der Waals surface area contributed by atoms with Gasteiger partial charge in [0.05, 0.1) is 17.7 Å². The number of hydrazine groups is 1. The molecule has 0 bridgehead atoms. The van der Waals surface area contributed by atoms with E-state index in [1.165, 1.54) is 12.3 Å². The standard InChI is InChI=1S/C15H14N6O3S/c1-10-4-6-11(7-5-10)21-15(18-19-20-21)25-9-13(22)16-17-14(23)12-3-2-8-24-12/h2-8H,9H2,1H3,(H,16,22)(H,17,23). The number of amides is 2. The Kier molecular flexibility index (Phi) is 5.09. The Balaban J connectivity index is 1.54. The molecule has 0 atom stereocenters. The van der Waals surface area contributed by atoms with Crippen LogP contribution in [-0.4, -0.2) is 37.8 Å². The fraction of sp³-hybridized carbons (Fsp3) is 0.133. The van der Waals surface area contributed by atoms with Gasteiger partial charge in [0.1, 0.15) is 0 Å². The Morgan fingerprint density at radius 3 is 2.72 bits per heavy atom. The maximum absolute atomic E-state index is 11.8. The quantitative estimate of drug-likeness (QED) is 0.519. The predicted octanol–water partition coefficient (Wildman–Crippen LogP) is 1.12. The van der Waals surface area contributed by atoms with Gasteiger partial charge in [0.2, 0.25) is 11.1 Å². The van der Waals surface area contributed by atoms with Gasteiger partial charge in [-0.25, -0.2) is 0 Å². The van der Waals surface area contributed by atoms with Gasteiger partial charge in [0.25, 0.3) is 0 Å². The van der Waals surface area contributed by atoms with Crippen LogP contribution >= 0.6 is 11.8 Å². The second-order valence-corrected chi connectivity index (χ2v) is 5.92. The molecular formula is C15H14N6O3S. The number of thioether (sulfide) groups is 1. The first-order valence-corrected chi connectivity index (χ1v) is 8.23. The molecule has 0 radical (unpaired) electrons. The van der Waals surface area contributed by atoms with E-state index in [2.05, 4.69) is 26.4 Å². The molecule has 0 aliphatic carbocycles. The van der Waals surface area contributed by atoms with Crippen LogP contribution in [0.2, 0.25) is 0 Å². The van der Waals surface area contributed by atoms with Crippen LogP contribution in [0.4, 0.5) is 0 Å². The van der Waals surface area contributed by atoms with Crippen molar-refractivity contribution in [3.8, 4) is 5.69 Å². The molecule has 0 aliphatic rings. The maximum atomic E-state index is 11.8. The number of rotatable bonds is 5. The van der Waals surface area contributed by atoms with Crippen molar-refractivity contribution in [3.63, 3.8) is 0 Å². The van der Waals surface area contributed by atoms with Crippen molar-refractivity contribution in [2.24, 2.45) is 0 Å². The van der Waals surface area contributed by atoms with Crippen LogP contribution in [0.15, 0.2) is 52.2 Å². The lowest BCUT2D eigenvalue weighted by molar-refractivity contribution is -0.119. The summed E-state index contributed by atoms with van der Waals surface area (Å²) in [5, 5.41) is 11.9. The average molecular weight is 358 g/mol. The Morgan fingerprint density at radius 1 is 1.20 bits per heavy atom.